The monoisotopic (exact) mass is 251 g/mol. The molecule has 0 bridgehead atoms. The van der Waals surface area contributed by atoms with E-state index in [4.69, 9.17) is 0 Å². The standard InChI is InChI=1S/C7H14BF3NO2.K/c1-5(8(9,10)11)12-6(13)14-7(2,3)4;/h5H,1-4H3,(H,12,13);/q-1;+1/t5-;/m1./s1. The van der Waals surface area contributed by atoms with Crippen molar-refractivity contribution in [3.05, 3.63) is 0 Å². The summed E-state index contributed by atoms with van der Waals surface area (Å²) in [6.07, 6.45) is -1.05. The van der Waals surface area contributed by atoms with E-state index in [-0.39, 0.29) is 51.4 Å². The number of amides is 1. The van der Waals surface area contributed by atoms with Gasteiger partial charge in [-0.05, 0) is 26.7 Å². The first-order valence-electron chi connectivity index (χ1n) is 4.22. The summed E-state index contributed by atoms with van der Waals surface area (Å²) in [5.41, 5.74) is -0.789. The van der Waals surface area contributed by atoms with Crippen LogP contribution in [0.1, 0.15) is 27.7 Å². The molecular formula is C7H14BF3KNO2. The van der Waals surface area contributed by atoms with Crippen LogP contribution in [0.4, 0.5) is 17.7 Å². The Morgan fingerprint density at radius 3 is 2.00 bits per heavy atom. The van der Waals surface area contributed by atoms with Gasteiger partial charge in [0.05, 0.1) is 0 Å². The van der Waals surface area contributed by atoms with Crippen molar-refractivity contribution in [2.24, 2.45) is 0 Å². The molecule has 0 aromatic rings. The minimum Gasteiger partial charge on any atom is -0.448 e. The van der Waals surface area contributed by atoms with Gasteiger partial charge in [-0.2, -0.15) is 0 Å². The van der Waals surface area contributed by atoms with E-state index in [1.165, 1.54) is 0 Å². The zero-order valence-electron chi connectivity index (χ0n) is 9.61. The SMILES string of the molecule is C[C@@H](NC(=O)OC(C)(C)C)[B-](F)(F)F.[K+]. The normalized spacial score (nSPS) is 13.8. The quantitative estimate of drug-likeness (QED) is 0.658. The molecule has 0 saturated heterocycles. The van der Waals surface area contributed by atoms with Crippen LogP contribution in [0.2, 0.25) is 0 Å². The number of carbonyl (C=O) groups excluding carboxylic acids is 1. The molecule has 0 spiro atoms. The molecule has 15 heavy (non-hydrogen) atoms. The van der Waals surface area contributed by atoms with Crippen molar-refractivity contribution < 1.29 is 73.9 Å². The van der Waals surface area contributed by atoms with E-state index in [0.29, 0.717) is 0 Å². The van der Waals surface area contributed by atoms with E-state index in [1.54, 1.807) is 26.1 Å². The van der Waals surface area contributed by atoms with E-state index in [0.717, 1.165) is 6.92 Å². The van der Waals surface area contributed by atoms with Crippen LogP contribution in [0.5, 0.6) is 0 Å². The second-order valence-corrected chi connectivity index (χ2v) is 4.06. The maximum atomic E-state index is 12.0. The molecule has 84 valence electrons. The zero-order valence-corrected chi connectivity index (χ0v) is 12.7. The van der Waals surface area contributed by atoms with Crippen LogP contribution in [-0.4, -0.2) is 24.6 Å². The topological polar surface area (TPSA) is 38.3 Å². The van der Waals surface area contributed by atoms with Gasteiger partial charge in [0, 0.05) is 0 Å². The van der Waals surface area contributed by atoms with Crippen molar-refractivity contribution in [3.8, 4) is 0 Å². The zero-order chi connectivity index (χ0) is 11.6. The van der Waals surface area contributed by atoms with Crippen LogP contribution in [-0.2, 0) is 4.74 Å². The largest absolute Gasteiger partial charge is 1.00 e. The van der Waals surface area contributed by atoms with Gasteiger partial charge in [0.15, 0.2) is 0 Å². The van der Waals surface area contributed by atoms with E-state index in [9.17, 15) is 17.7 Å². The summed E-state index contributed by atoms with van der Waals surface area (Å²) in [5, 5.41) is 1.72. The Kier molecular flexibility index (Phi) is 7.84. The molecule has 0 fully saturated rings. The smallest absolute Gasteiger partial charge is 0.448 e. The Bertz CT molecular complexity index is 217. The van der Waals surface area contributed by atoms with Gasteiger partial charge in [0.1, 0.15) is 5.60 Å². The molecule has 0 radical (unpaired) electrons. The fourth-order valence-corrected chi connectivity index (χ4v) is 0.588. The van der Waals surface area contributed by atoms with Gasteiger partial charge >= 0.3 is 64.5 Å². The molecule has 0 aliphatic rings. The number of carbonyl (C=O) groups is 1. The Labute approximate surface area is 130 Å². The van der Waals surface area contributed by atoms with Crippen LogP contribution in [0.15, 0.2) is 0 Å². The van der Waals surface area contributed by atoms with E-state index in [1.807, 2.05) is 0 Å². The molecule has 3 nitrogen and oxygen atoms in total. The number of ether oxygens (including phenoxy) is 1. The second kappa shape index (κ2) is 6.49. The molecule has 1 amide bonds. The maximum absolute atomic E-state index is 12.0. The fourth-order valence-electron chi connectivity index (χ4n) is 0.588. The number of rotatable bonds is 2. The molecular weight excluding hydrogens is 237 g/mol. The average Bonchev–Trinajstić information content (AvgIpc) is 1.79. The molecule has 8 heteroatoms. The molecule has 0 saturated carbocycles. The van der Waals surface area contributed by atoms with Gasteiger partial charge in [-0.1, -0.05) is 6.92 Å². The summed E-state index contributed by atoms with van der Waals surface area (Å²) in [7, 11) is 0. The molecule has 0 heterocycles. The minimum atomic E-state index is -5.06. The summed E-state index contributed by atoms with van der Waals surface area (Å²) < 4.78 is 40.8. The van der Waals surface area contributed by atoms with E-state index in [2.05, 4.69) is 4.74 Å². The third-order valence-electron chi connectivity index (χ3n) is 1.31. The van der Waals surface area contributed by atoms with Gasteiger partial charge in [-0.25, -0.2) is 4.79 Å². The van der Waals surface area contributed by atoms with E-state index >= 15 is 0 Å². The number of hydrogen-bond donors (Lipinski definition) is 1. The van der Waals surface area contributed by atoms with Crippen molar-refractivity contribution in [1.29, 1.82) is 0 Å². The Hall–Kier alpha value is 0.761. The molecule has 0 aromatic heterocycles. The predicted molar refractivity (Wildman–Crippen MR) is 47.9 cm³/mol. The van der Waals surface area contributed by atoms with Crippen molar-refractivity contribution >= 4 is 13.1 Å². The van der Waals surface area contributed by atoms with Gasteiger partial charge < -0.3 is 23.0 Å². The van der Waals surface area contributed by atoms with Crippen LogP contribution in [0.3, 0.4) is 0 Å². The predicted octanol–water partition coefficient (Wildman–Crippen LogP) is -0.710. The van der Waals surface area contributed by atoms with E-state index < -0.39 is 24.6 Å². The second-order valence-electron chi connectivity index (χ2n) is 4.06. The Balaban J connectivity index is 0. The maximum Gasteiger partial charge on any atom is 1.00 e. The fraction of sp³-hybridized carbons (Fsp3) is 0.857. The Morgan fingerprint density at radius 1 is 1.33 bits per heavy atom. The third-order valence-corrected chi connectivity index (χ3v) is 1.31. The van der Waals surface area contributed by atoms with Gasteiger partial charge in [0.2, 0.25) is 0 Å². The summed E-state index contributed by atoms with van der Waals surface area (Å²) in [5.74, 6) is -1.84. The summed E-state index contributed by atoms with van der Waals surface area (Å²) in [6.45, 7) is 0.556. The van der Waals surface area contributed by atoms with Crippen LogP contribution in [0, 0.1) is 0 Å². The summed E-state index contributed by atoms with van der Waals surface area (Å²) in [4.78, 5) is 10.9. The van der Waals surface area contributed by atoms with Crippen molar-refractivity contribution in [2.45, 2.75) is 39.2 Å². The van der Waals surface area contributed by atoms with Crippen molar-refractivity contribution in [1.82, 2.24) is 5.32 Å². The average molecular weight is 251 g/mol. The third kappa shape index (κ3) is 9.68. The summed E-state index contributed by atoms with van der Waals surface area (Å²) in [6, 6.07) is 0. The number of nitrogens with one attached hydrogen (secondary N) is 1. The van der Waals surface area contributed by atoms with Gasteiger partial charge in [-0.15, -0.1) is 0 Å². The summed E-state index contributed by atoms with van der Waals surface area (Å²) >= 11 is 0. The first kappa shape index (κ1) is 18.1. The molecule has 0 rings (SSSR count). The van der Waals surface area contributed by atoms with Crippen molar-refractivity contribution in [3.63, 3.8) is 0 Å². The van der Waals surface area contributed by atoms with Crippen LogP contribution in [0.25, 0.3) is 0 Å². The first-order chi connectivity index (χ1) is 6.02. The molecule has 0 aliphatic heterocycles. The molecule has 0 aromatic carbocycles. The van der Waals surface area contributed by atoms with Gasteiger partial charge in [0.25, 0.3) is 0 Å². The Morgan fingerprint density at radius 2 is 1.73 bits per heavy atom. The van der Waals surface area contributed by atoms with Gasteiger partial charge in [-0.3, -0.25) is 0 Å². The first-order valence-corrected chi connectivity index (χ1v) is 4.22. The molecule has 1 N–H and O–H groups in total. The molecule has 0 aliphatic carbocycles. The van der Waals surface area contributed by atoms with Crippen LogP contribution >= 0.6 is 0 Å². The van der Waals surface area contributed by atoms with Crippen LogP contribution < -0.4 is 56.7 Å². The number of halogens is 3. The molecule has 0 unspecified atom stereocenters. The number of hydrogen-bond acceptors (Lipinski definition) is 2. The molecule has 1 atom stereocenters. The van der Waals surface area contributed by atoms with Crippen molar-refractivity contribution in [2.75, 3.05) is 0 Å². The number of alkyl carbamates (subject to hydrolysis) is 1. The minimum absolute atomic E-state index is 0.